The summed E-state index contributed by atoms with van der Waals surface area (Å²) in [5.74, 6) is 0.691. The molecule has 15 heavy (non-hydrogen) atoms. The van der Waals surface area contributed by atoms with Gasteiger partial charge in [-0.05, 0) is 26.7 Å². The van der Waals surface area contributed by atoms with Crippen molar-refractivity contribution in [3.8, 4) is 0 Å². The highest BCUT2D eigenvalue weighted by molar-refractivity contribution is 5.82. The molecule has 2 atom stereocenters. The predicted octanol–water partition coefficient (Wildman–Crippen LogP) is 2.62. The zero-order valence-corrected chi connectivity index (χ0v) is 10.3. The minimum Gasteiger partial charge on any atom is -0.299 e. The van der Waals surface area contributed by atoms with Crippen molar-refractivity contribution in [2.24, 2.45) is 5.92 Å². The lowest BCUT2D eigenvalue weighted by Crippen LogP contribution is -2.56. The van der Waals surface area contributed by atoms with Crippen LogP contribution in [0.15, 0.2) is 0 Å². The summed E-state index contributed by atoms with van der Waals surface area (Å²) in [6.45, 7) is 7.70. The molecule has 1 saturated carbocycles. The molecule has 0 aromatic heterocycles. The summed E-state index contributed by atoms with van der Waals surface area (Å²) >= 11 is 0. The minimum atomic E-state index is 0.233. The van der Waals surface area contributed by atoms with Gasteiger partial charge >= 0.3 is 0 Å². The van der Waals surface area contributed by atoms with Gasteiger partial charge < -0.3 is 0 Å². The van der Waals surface area contributed by atoms with Crippen LogP contribution in [-0.2, 0) is 4.79 Å². The lowest BCUT2D eigenvalue weighted by Gasteiger charge is -2.47. The lowest BCUT2D eigenvalue weighted by molar-refractivity contribution is -0.130. The van der Waals surface area contributed by atoms with Gasteiger partial charge in [0, 0.05) is 30.5 Å². The number of hydrogen-bond donors (Lipinski definition) is 0. The van der Waals surface area contributed by atoms with Crippen LogP contribution in [0.25, 0.3) is 0 Å². The quantitative estimate of drug-likeness (QED) is 0.661. The fourth-order valence-electron chi connectivity index (χ4n) is 3.39. The van der Waals surface area contributed by atoms with Crippen molar-refractivity contribution in [2.45, 2.75) is 64.5 Å². The van der Waals surface area contributed by atoms with Crippen molar-refractivity contribution in [3.05, 3.63) is 0 Å². The highest BCUT2D eigenvalue weighted by atomic mass is 16.1. The first-order valence-electron chi connectivity index (χ1n) is 6.34. The average Bonchev–Trinajstić information content (AvgIpc) is 2.62. The average molecular weight is 209 g/mol. The Kier molecular flexibility index (Phi) is 2.89. The first-order valence-corrected chi connectivity index (χ1v) is 6.34. The normalized spacial score (nSPS) is 37.1. The molecule has 86 valence electrons. The van der Waals surface area contributed by atoms with Gasteiger partial charge in [0.05, 0.1) is 0 Å². The smallest absolute Gasteiger partial charge is 0.138 e. The molecule has 0 aromatic carbocycles. The van der Waals surface area contributed by atoms with E-state index in [0.717, 1.165) is 13.0 Å². The molecular formula is C13H23NO. The molecule has 0 amide bonds. The molecule has 0 N–H and O–H groups in total. The minimum absolute atomic E-state index is 0.233. The number of Topliss-reactive ketones (excluding diaryl/α,β-unsaturated/α-hetero) is 1. The topological polar surface area (TPSA) is 20.3 Å². The van der Waals surface area contributed by atoms with Gasteiger partial charge in [0.1, 0.15) is 5.78 Å². The van der Waals surface area contributed by atoms with Crippen LogP contribution >= 0.6 is 0 Å². The van der Waals surface area contributed by atoms with Gasteiger partial charge in [-0.3, -0.25) is 9.69 Å². The Morgan fingerprint density at radius 3 is 2.47 bits per heavy atom. The molecule has 2 unspecified atom stereocenters. The maximum Gasteiger partial charge on any atom is 0.138 e. The molecule has 0 spiro atoms. The van der Waals surface area contributed by atoms with Gasteiger partial charge in [-0.15, -0.1) is 0 Å². The molecule has 2 nitrogen and oxygen atoms in total. The van der Waals surface area contributed by atoms with E-state index in [0.29, 0.717) is 17.4 Å². The highest BCUT2D eigenvalue weighted by Gasteiger charge is 2.42. The lowest BCUT2D eigenvalue weighted by atomic mass is 9.85. The zero-order chi connectivity index (χ0) is 11.1. The van der Waals surface area contributed by atoms with Gasteiger partial charge in [0.15, 0.2) is 0 Å². The van der Waals surface area contributed by atoms with E-state index in [9.17, 15) is 4.79 Å². The second-order valence-electron chi connectivity index (χ2n) is 5.64. The molecule has 2 aliphatic rings. The van der Waals surface area contributed by atoms with Crippen LogP contribution in [0.5, 0.6) is 0 Å². The Morgan fingerprint density at radius 2 is 1.87 bits per heavy atom. The van der Waals surface area contributed by atoms with Crippen LogP contribution in [-0.4, -0.2) is 28.8 Å². The van der Waals surface area contributed by atoms with E-state index in [-0.39, 0.29) is 5.92 Å². The molecule has 1 saturated heterocycles. The first-order chi connectivity index (χ1) is 7.04. The van der Waals surface area contributed by atoms with Gasteiger partial charge in [-0.1, -0.05) is 19.8 Å². The monoisotopic (exact) mass is 209 g/mol. The SMILES string of the molecule is CC1C(=O)CCN(C2(C)CCCC2)C1C. The van der Waals surface area contributed by atoms with E-state index in [2.05, 4.69) is 25.7 Å². The molecule has 2 heteroatoms. The van der Waals surface area contributed by atoms with Gasteiger partial charge in [0.25, 0.3) is 0 Å². The van der Waals surface area contributed by atoms with E-state index >= 15 is 0 Å². The van der Waals surface area contributed by atoms with Crippen molar-refractivity contribution >= 4 is 5.78 Å². The van der Waals surface area contributed by atoms with Crippen LogP contribution in [0.2, 0.25) is 0 Å². The summed E-state index contributed by atoms with van der Waals surface area (Å²) in [7, 11) is 0. The molecule has 0 bridgehead atoms. The Balaban J connectivity index is 2.12. The fraction of sp³-hybridized carbons (Fsp3) is 0.923. The number of nitrogens with zero attached hydrogens (tertiary/aromatic N) is 1. The van der Waals surface area contributed by atoms with Crippen molar-refractivity contribution < 1.29 is 4.79 Å². The second kappa shape index (κ2) is 3.89. The Labute approximate surface area is 93.0 Å². The maximum absolute atomic E-state index is 11.6. The molecule has 0 aromatic rings. The van der Waals surface area contributed by atoms with Crippen LogP contribution in [0, 0.1) is 5.92 Å². The van der Waals surface area contributed by atoms with E-state index in [1.165, 1.54) is 25.7 Å². The van der Waals surface area contributed by atoms with E-state index in [1.807, 2.05) is 0 Å². The Morgan fingerprint density at radius 1 is 1.27 bits per heavy atom. The maximum atomic E-state index is 11.6. The number of piperidine rings is 1. The second-order valence-corrected chi connectivity index (χ2v) is 5.64. The zero-order valence-electron chi connectivity index (χ0n) is 10.3. The number of ketones is 1. The summed E-state index contributed by atoms with van der Waals surface area (Å²) in [4.78, 5) is 14.2. The summed E-state index contributed by atoms with van der Waals surface area (Å²) in [6, 6.07) is 0.439. The fourth-order valence-corrected chi connectivity index (χ4v) is 3.39. The van der Waals surface area contributed by atoms with Gasteiger partial charge in [-0.25, -0.2) is 0 Å². The van der Waals surface area contributed by atoms with E-state index in [4.69, 9.17) is 0 Å². The summed E-state index contributed by atoms with van der Waals surface area (Å²) < 4.78 is 0. The molecular weight excluding hydrogens is 186 g/mol. The molecule has 1 heterocycles. The summed E-state index contributed by atoms with van der Waals surface area (Å²) in [5.41, 5.74) is 0.383. The molecule has 2 fully saturated rings. The van der Waals surface area contributed by atoms with Crippen LogP contribution in [0.1, 0.15) is 52.9 Å². The molecule has 1 aliphatic carbocycles. The van der Waals surface area contributed by atoms with Gasteiger partial charge in [-0.2, -0.15) is 0 Å². The third kappa shape index (κ3) is 1.84. The largest absolute Gasteiger partial charge is 0.299 e. The third-order valence-corrected chi connectivity index (χ3v) is 4.70. The molecule has 2 rings (SSSR count). The number of carbonyl (C=O) groups excluding carboxylic acids is 1. The molecule has 0 radical (unpaired) electrons. The number of rotatable bonds is 1. The predicted molar refractivity (Wildman–Crippen MR) is 61.8 cm³/mol. The number of likely N-dealkylation sites (tertiary alicyclic amines) is 1. The Hall–Kier alpha value is -0.370. The van der Waals surface area contributed by atoms with Crippen LogP contribution in [0.4, 0.5) is 0 Å². The van der Waals surface area contributed by atoms with Crippen LogP contribution in [0.3, 0.4) is 0 Å². The van der Waals surface area contributed by atoms with Crippen molar-refractivity contribution in [2.75, 3.05) is 6.54 Å². The highest BCUT2D eigenvalue weighted by Crippen LogP contribution is 2.39. The van der Waals surface area contributed by atoms with Gasteiger partial charge in [0.2, 0.25) is 0 Å². The van der Waals surface area contributed by atoms with E-state index < -0.39 is 0 Å². The first kappa shape index (κ1) is 11.1. The summed E-state index contributed by atoms with van der Waals surface area (Å²) in [5, 5.41) is 0. The van der Waals surface area contributed by atoms with Crippen LogP contribution < -0.4 is 0 Å². The number of carbonyl (C=O) groups is 1. The Bertz CT molecular complexity index is 255. The van der Waals surface area contributed by atoms with E-state index in [1.54, 1.807) is 0 Å². The van der Waals surface area contributed by atoms with Crippen molar-refractivity contribution in [3.63, 3.8) is 0 Å². The van der Waals surface area contributed by atoms with Crippen molar-refractivity contribution in [1.82, 2.24) is 4.90 Å². The van der Waals surface area contributed by atoms with Crippen molar-refractivity contribution in [1.29, 1.82) is 0 Å². The molecule has 1 aliphatic heterocycles. The summed E-state index contributed by atoms with van der Waals surface area (Å²) in [6.07, 6.45) is 6.13. The standard InChI is InChI=1S/C13H23NO/c1-10-11(2)14(9-6-12(10)15)13(3)7-4-5-8-13/h10-11H,4-9H2,1-3H3. The third-order valence-electron chi connectivity index (χ3n) is 4.70. The number of hydrogen-bond acceptors (Lipinski definition) is 2.